The summed E-state index contributed by atoms with van der Waals surface area (Å²) in [6.45, 7) is 2.14. The maximum absolute atomic E-state index is 10.8. The van der Waals surface area contributed by atoms with Gasteiger partial charge in [-0.15, -0.1) is 0 Å². The lowest BCUT2D eigenvalue weighted by molar-refractivity contribution is -0.384. The molecule has 1 heterocycles. The number of hydrogen-bond acceptors (Lipinski definition) is 4. The lowest BCUT2D eigenvalue weighted by Crippen LogP contribution is -2.04. The van der Waals surface area contributed by atoms with E-state index >= 15 is 0 Å². The SMILES string of the molecule is Cc1nc2c(Br)cc([N+](=O)[O-])cc2n1CCO. The Hall–Kier alpha value is -1.47. The molecule has 0 bridgehead atoms. The molecule has 1 aromatic carbocycles. The van der Waals surface area contributed by atoms with Crippen molar-refractivity contribution in [1.29, 1.82) is 0 Å². The maximum Gasteiger partial charge on any atom is 0.272 e. The molecule has 17 heavy (non-hydrogen) atoms. The molecule has 0 radical (unpaired) electrons. The number of imidazole rings is 1. The van der Waals surface area contributed by atoms with Gasteiger partial charge >= 0.3 is 0 Å². The van der Waals surface area contributed by atoms with E-state index in [1.54, 1.807) is 11.5 Å². The average molecular weight is 300 g/mol. The normalized spacial score (nSPS) is 11.0. The summed E-state index contributed by atoms with van der Waals surface area (Å²) in [6.07, 6.45) is 0. The van der Waals surface area contributed by atoms with E-state index in [2.05, 4.69) is 20.9 Å². The number of fused-ring (bicyclic) bond motifs is 1. The molecule has 90 valence electrons. The van der Waals surface area contributed by atoms with Gasteiger partial charge in [0.15, 0.2) is 0 Å². The van der Waals surface area contributed by atoms with Crippen LogP contribution in [0.2, 0.25) is 0 Å². The van der Waals surface area contributed by atoms with E-state index in [0.717, 1.165) is 5.82 Å². The summed E-state index contributed by atoms with van der Waals surface area (Å²) in [7, 11) is 0. The van der Waals surface area contributed by atoms with Gasteiger partial charge in [-0.05, 0) is 22.9 Å². The predicted molar refractivity (Wildman–Crippen MR) is 65.9 cm³/mol. The number of aryl methyl sites for hydroxylation is 1. The minimum absolute atomic E-state index is 0.00321. The summed E-state index contributed by atoms with van der Waals surface area (Å²) < 4.78 is 2.34. The number of benzene rings is 1. The van der Waals surface area contributed by atoms with Crippen LogP contribution in [-0.2, 0) is 6.54 Å². The zero-order chi connectivity index (χ0) is 12.6. The third-order valence-electron chi connectivity index (χ3n) is 2.52. The molecule has 0 saturated heterocycles. The third-order valence-corrected chi connectivity index (χ3v) is 3.12. The highest BCUT2D eigenvalue weighted by Crippen LogP contribution is 2.29. The monoisotopic (exact) mass is 299 g/mol. The van der Waals surface area contributed by atoms with Gasteiger partial charge < -0.3 is 9.67 Å². The second kappa shape index (κ2) is 4.42. The molecule has 7 heteroatoms. The van der Waals surface area contributed by atoms with Crippen LogP contribution in [0.4, 0.5) is 5.69 Å². The van der Waals surface area contributed by atoms with Crippen molar-refractivity contribution >= 4 is 32.7 Å². The molecular formula is C10H10BrN3O3. The molecule has 0 aliphatic heterocycles. The third kappa shape index (κ3) is 2.03. The fourth-order valence-electron chi connectivity index (χ4n) is 1.77. The van der Waals surface area contributed by atoms with Crippen LogP contribution in [0.3, 0.4) is 0 Å². The van der Waals surface area contributed by atoms with Gasteiger partial charge in [-0.2, -0.15) is 0 Å². The van der Waals surface area contributed by atoms with Gasteiger partial charge in [0, 0.05) is 18.7 Å². The number of halogens is 1. The average Bonchev–Trinajstić information content (AvgIpc) is 2.57. The molecule has 0 unspecified atom stereocenters. The number of nitro benzene ring substituents is 1. The fraction of sp³-hybridized carbons (Fsp3) is 0.300. The van der Waals surface area contributed by atoms with Crippen molar-refractivity contribution in [3.05, 3.63) is 32.5 Å². The Labute approximate surface area is 105 Å². The Bertz CT molecular complexity index is 594. The molecule has 2 rings (SSSR count). The first kappa shape index (κ1) is 12.0. The molecule has 0 amide bonds. The highest BCUT2D eigenvalue weighted by Gasteiger charge is 2.16. The molecular weight excluding hydrogens is 290 g/mol. The first-order valence-electron chi connectivity index (χ1n) is 4.96. The number of aliphatic hydroxyl groups is 1. The zero-order valence-electron chi connectivity index (χ0n) is 9.05. The molecule has 0 aliphatic rings. The molecule has 0 fully saturated rings. The molecule has 1 aromatic heterocycles. The number of nitro groups is 1. The van der Waals surface area contributed by atoms with Crippen LogP contribution in [0.5, 0.6) is 0 Å². The van der Waals surface area contributed by atoms with Gasteiger partial charge in [-0.3, -0.25) is 10.1 Å². The van der Waals surface area contributed by atoms with Crippen molar-refractivity contribution in [2.24, 2.45) is 0 Å². The van der Waals surface area contributed by atoms with Crippen LogP contribution in [0.25, 0.3) is 11.0 Å². The number of aromatic nitrogens is 2. The number of aliphatic hydroxyl groups excluding tert-OH is 1. The van der Waals surface area contributed by atoms with Crippen LogP contribution in [0.15, 0.2) is 16.6 Å². The maximum atomic E-state index is 10.8. The lowest BCUT2D eigenvalue weighted by Gasteiger charge is -2.03. The van der Waals surface area contributed by atoms with Gasteiger partial charge in [0.25, 0.3) is 5.69 Å². The zero-order valence-corrected chi connectivity index (χ0v) is 10.6. The van der Waals surface area contributed by atoms with Crippen LogP contribution < -0.4 is 0 Å². The standard InChI is InChI=1S/C10H10BrN3O3/c1-6-12-10-8(11)4-7(14(16)17)5-9(10)13(6)2-3-15/h4-5,15H,2-3H2,1H3. The fourth-order valence-corrected chi connectivity index (χ4v) is 2.30. The van der Waals surface area contributed by atoms with Crippen LogP contribution >= 0.6 is 15.9 Å². The van der Waals surface area contributed by atoms with Gasteiger partial charge in [0.2, 0.25) is 0 Å². The summed E-state index contributed by atoms with van der Waals surface area (Å²) >= 11 is 3.27. The minimum Gasteiger partial charge on any atom is -0.395 e. The van der Waals surface area contributed by atoms with E-state index in [4.69, 9.17) is 5.11 Å². The van der Waals surface area contributed by atoms with Crippen LogP contribution in [-0.4, -0.2) is 26.2 Å². The van der Waals surface area contributed by atoms with E-state index in [9.17, 15) is 10.1 Å². The molecule has 2 aromatic rings. The van der Waals surface area contributed by atoms with Crippen LogP contribution in [0, 0.1) is 17.0 Å². The summed E-state index contributed by atoms with van der Waals surface area (Å²) in [6, 6.07) is 2.90. The quantitative estimate of drug-likeness (QED) is 0.694. The highest BCUT2D eigenvalue weighted by atomic mass is 79.9. The molecule has 0 saturated carbocycles. The van der Waals surface area contributed by atoms with Crippen molar-refractivity contribution in [1.82, 2.24) is 9.55 Å². The van der Waals surface area contributed by atoms with Gasteiger partial charge in [0.1, 0.15) is 11.3 Å². The second-order valence-corrected chi connectivity index (χ2v) is 4.44. The Morgan fingerprint density at radius 1 is 1.59 bits per heavy atom. The lowest BCUT2D eigenvalue weighted by atomic mass is 10.3. The van der Waals surface area contributed by atoms with Crippen molar-refractivity contribution < 1.29 is 10.0 Å². The van der Waals surface area contributed by atoms with E-state index in [-0.39, 0.29) is 12.3 Å². The van der Waals surface area contributed by atoms with Crippen molar-refractivity contribution in [2.75, 3.05) is 6.61 Å². The molecule has 0 aliphatic carbocycles. The van der Waals surface area contributed by atoms with E-state index in [1.165, 1.54) is 12.1 Å². The van der Waals surface area contributed by atoms with E-state index in [1.807, 2.05) is 0 Å². The van der Waals surface area contributed by atoms with Crippen molar-refractivity contribution in [3.63, 3.8) is 0 Å². The second-order valence-electron chi connectivity index (χ2n) is 3.59. The van der Waals surface area contributed by atoms with E-state index in [0.29, 0.717) is 22.1 Å². The van der Waals surface area contributed by atoms with Crippen molar-refractivity contribution in [3.8, 4) is 0 Å². The summed E-state index contributed by atoms with van der Waals surface area (Å²) in [5.74, 6) is 0.718. The molecule has 1 N–H and O–H groups in total. The van der Waals surface area contributed by atoms with Crippen LogP contribution in [0.1, 0.15) is 5.82 Å². The largest absolute Gasteiger partial charge is 0.395 e. The highest BCUT2D eigenvalue weighted by molar-refractivity contribution is 9.10. The number of rotatable bonds is 3. The Kier molecular flexibility index (Phi) is 3.12. The Morgan fingerprint density at radius 3 is 2.88 bits per heavy atom. The number of non-ortho nitro benzene ring substituents is 1. The summed E-state index contributed by atoms with van der Waals surface area (Å²) in [5.41, 5.74) is 1.32. The number of nitrogens with zero attached hydrogens (tertiary/aromatic N) is 3. The molecule has 0 spiro atoms. The Morgan fingerprint density at radius 2 is 2.29 bits per heavy atom. The van der Waals surface area contributed by atoms with Gasteiger partial charge in [0.05, 0.1) is 21.5 Å². The first-order valence-corrected chi connectivity index (χ1v) is 5.75. The Balaban J connectivity index is 2.74. The predicted octanol–water partition coefficient (Wildman–Crippen LogP) is 2.01. The minimum atomic E-state index is -0.449. The van der Waals surface area contributed by atoms with Gasteiger partial charge in [-0.25, -0.2) is 4.98 Å². The molecule has 0 atom stereocenters. The smallest absolute Gasteiger partial charge is 0.272 e. The number of hydrogen-bond donors (Lipinski definition) is 1. The summed E-state index contributed by atoms with van der Waals surface area (Å²) in [4.78, 5) is 14.6. The van der Waals surface area contributed by atoms with E-state index < -0.39 is 4.92 Å². The van der Waals surface area contributed by atoms with Gasteiger partial charge in [-0.1, -0.05) is 0 Å². The summed E-state index contributed by atoms with van der Waals surface area (Å²) in [5, 5.41) is 19.8. The first-order chi connectivity index (χ1) is 8.04. The topological polar surface area (TPSA) is 81.2 Å². The molecule has 6 nitrogen and oxygen atoms in total. The van der Waals surface area contributed by atoms with Crippen molar-refractivity contribution in [2.45, 2.75) is 13.5 Å².